The Morgan fingerprint density at radius 3 is 2.55 bits per heavy atom. The normalized spacial score (nSPS) is 12.2. The first-order valence-corrected chi connectivity index (χ1v) is 10.6. The summed E-state index contributed by atoms with van der Waals surface area (Å²) in [7, 11) is 0. The average molecular weight is 461 g/mol. The summed E-state index contributed by atoms with van der Waals surface area (Å²) in [6.07, 6.45) is 1.53. The van der Waals surface area contributed by atoms with E-state index < -0.39 is 5.91 Å². The predicted molar refractivity (Wildman–Crippen MR) is 125 cm³/mol. The Bertz CT molecular complexity index is 1250. The minimum absolute atomic E-state index is 0.00244. The van der Waals surface area contributed by atoms with Crippen molar-refractivity contribution in [2.24, 2.45) is 0 Å². The maximum atomic E-state index is 12.5. The molecule has 6 nitrogen and oxygen atoms in total. The van der Waals surface area contributed by atoms with Crippen LogP contribution >= 0.6 is 11.6 Å². The minimum Gasteiger partial charge on any atom is -0.457 e. The molecule has 0 saturated heterocycles. The van der Waals surface area contributed by atoms with Gasteiger partial charge in [-0.1, -0.05) is 35.9 Å². The van der Waals surface area contributed by atoms with E-state index in [2.05, 4.69) is 5.32 Å². The molecule has 0 unspecified atom stereocenters. The lowest BCUT2D eigenvalue weighted by molar-refractivity contribution is -0.117. The van der Waals surface area contributed by atoms with E-state index in [9.17, 15) is 10.1 Å². The van der Waals surface area contributed by atoms with Crippen molar-refractivity contribution in [2.75, 3.05) is 6.79 Å². The Kier molecular flexibility index (Phi) is 6.53. The van der Waals surface area contributed by atoms with Gasteiger partial charge in [0.15, 0.2) is 11.5 Å². The number of carbonyl (C=O) groups excluding carboxylic acids is 1. The Morgan fingerprint density at radius 1 is 1.12 bits per heavy atom. The zero-order valence-corrected chi connectivity index (χ0v) is 18.9. The topological polar surface area (TPSA) is 80.6 Å². The van der Waals surface area contributed by atoms with E-state index in [1.54, 1.807) is 30.3 Å². The van der Waals surface area contributed by atoms with Gasteiger partial charge in [0.2, 0.25) is 6.79 Å². The monoisotopic (exact) mass is 460 g/mol. The number of nitriles is 1. The summed E-state index contributed by atoms with van der Waals surface area (Å²) in [5.41, 5.74) is 3.36. The number of hydrogen-bond acceptors (Lipinski definition) is 5. The second-order valence-corrected chi connectivity index (χ2v) is 7.92. The highest BCUT2D eigenvalue weighted by atomic mass is 35.5. The summed E-state index contributed by atoms with van der Waals surface area (Å²) in [4.78, 5) is 12.5. The first kappa shape index (κ1) is 22.3. The fourth-order valence-corrected chi connectivity index (χ4v) is 3.56. The van der Waals surface area contributed by atoms with Crippen LogP contribution < -0.4 is 19.5 Å². The lowest BCUT2D eigenvalue weighted by atomic mass is 10.1. The number of ether oxygens (including phenoxy) is 3. The first-order valence-electron chi connectivity index (χ1n) is 10.3. The molecule has 3 aromatic rings. The molecule has 33 heavy (non-hydrogen) atoms. The highest BCUT2D eigenvalue weighted by Gasteiger charge is 2.18. The number of aryl methyl sites for hydroxylation is 2. The maximum absolute atomic E-state index is 12.5. The number of carbonyl (C=O) groups is 1. The minimum atomic E-state index is -0.471. The van der Waals surface area contributed by atoms with Crippen LogP contribution in [0.3, 0.4) is 0 Å². The fraction of sp³-hybridized carbons (Fsp3) is 0.154. The molecule has 7 heteroatoms. The third kappa shape index (κ3) is 5.11. The lowest BCUT2D eigenvalue weighted by Crippen LogP contribution is -2.24. The van der Waals surface area contributed by atoms with E-state index in [4.69, 9.17) is 25.8 Å². The Labute approximate surface area is 197 Å². The van der Waals surface area contributed by atoms with Crippen LogP contribution in [0.1, 0.15) is 22.3 Å². The molecular weight excluding hydrogens is 440 g/mol. The molecule has 0 atom stereocenters. The van der Waals surface area contributed by atoms with E-state index in [-0.39, 0.29) is 18.9 Å². The van der Waals surface area contributed by atoms with Crippen LogP contribution in [0.5, 0.6) is 23.0 Å². The van der Waals surface area contributed by atoms with Crippen LogP contribution in [0.25, 0.3) is 6.08 Å². The van der Waals surface area contributed by atoms with E-state index in [1.165, 1.54) is 6.08 Å². The van der Waals surface area contributed by atoms with Crippen molar-refractivity contribution in [1.82, 2.24) is 5.32 Å². The number of amides is 1. The van der Waals surface area contributed by atoms with Gasteiger partial charge in [0, 0.05) is 17.1 Å². The van der Waals surface area contributed by atoms with Crippen molar-refractivity contribution in [3.63, 3.8) is 0 Å². The molecule has 1 heterocycles. The molecule has 0 aliphatic carbocycles. The summed E-state index contributed by atoms with van der Waals surface area (Å²) >= 11 is 6.21. The SMILES string of the molecule is Cc1cc(Oc2ccc(/C=C(\C#N)C(=O)NCc3cccc4c3OCO4)cc2)cc(C)c1Cl. The number of nitrogens with zero attached hydrogens (tertiary/aromatic N) is 1. The van der Waals surface area contributed by atoms with E-state index in [1.807, 2.05) is 44.2 Å². The van der Waals surface area contributed by atoms with Gasteiger partial charge < -0.3 is 19.5 Å². The molecule has 0 aromatic heterocycles. The summed E-state index contributed by atoms with van der Waals surface area (Å²) in [5.74, 6) is 2.11. The molecular formula is C26H21ClN2O4. The molecule has 3 aromatic carbocycles. The number of fused-ring (bicyclic) bond motifs is 1. The van der Waals surface area contributed by atoms with Gasteiger partial charge in [-0.3, -0.25) is 4.79 Å². The van der Waals surface area contributed by atoms with Crippen LogP contribution in [-0.2, 0) is 11.3 Å². The van der Waals surface area contributed by atoms with Gasteiger partial charge in [-0.05, 0) is 66.9 Å². The third-order valence-electron chi connectivity index (χ3n) is 5.12. The molecule has 166 valence electrons. The second kappa shape index (κ2) is 9.68. The van der Waals surface area contributed by atoms with Crippen molar-refractivity contribution >= 4 is 23.6 Å². The molecule has 4 rings (SSSR count). The van der Waals surface area contributed by atoms with Gasteiger partial charge in [-0.25, -0.2) is 0 Å². The lowest BCUT2D eigenvalue weighted by Gasteiger charge is -2.10. The largest absolute Gasteiger partial charge is 0.457 e. The predicted octanol–water partition coefficient (Wildman–Crippen LogP) is 5.70. The van der Waals surface area contributed by atoms with Gasteiger partial charge in [-0.2, -0.15) is 5.26 Å². The van der Waals surface area contributed by atoms with Gasteiger partial charge >= 0.3 is 0 Å². The number of rotatable bonds is 6. The van der Waals surface area contributed by atoms with Gasteiger partial charge in [0.05, 0.1) is 0 Å². The van der Waals surface area contributed by atoms with Gasteiger partial charge in [-0.15, -0.1) is 0 Å². The Morgan fingerprint density at radius 2 is 1.85 bits per heavy atom. The summed E-state index contributed by atoms with van der Waals surface area (Å²) in [6.45, 7) is 4.23. The Hall–Kier alpha value is -3.95. The standard InChI is InChI=1S/C26H21ClN2O4/c1-16-10-22(11-17(2)24(16)27)33-21-8-6-18(7-9-21)12-20(13-28)26(30)29-14-19-4-3-5-23-25(19)32-15-31-23/h3-12H,14-15H2,1-2H3,(H,29,30)/b20-12+. The zero-order chi connectivity index (χ0) is 23.4. The highest BCUT2D eigenvalue weighted by molar-refractivity contribution is 6.32. The van der Waals surface area contributed by atoms with Crippen LogP contribution in [0, 0.1) is 25.2 Å². The van der Waals surface area contributed by atoms with Crippen molar-refractivity contribution in [1.29, 1.82) is 5.26 Å². The number of hydrogen-bond donors (Lipinski definition) is 1. The number of halogens is 1. The quantitative estimate of drug-likeness (QED) is 0.377. The number of nitrogens with one attached hydrogen (secondary N) is 1. The summed E-state index contributed by atoms with van der Waals surface area (Å²) in [5, 5.41) is 13.0. The van der Waals surface area contributed by atoms with Crippen molar-refractivity contribution in [3.05, 3.63) is 87.4 Å². The van der Waals surface area contributed by atoms with Crippen molar-refractivity contribution in [2.45, 2.75) is 20.4 Å². The van der Waals surface area contributed by atoms with Gasteiger partial charge in [0.1, 0.15) is 23.1 Å². The smallest absolute Gasteiger partial charge is 0.262 e. The zero-order valence-electron chi connectivity index (χ0n) is 18.1. The Balaban J connectivity index is 1.42. The molecule has 1 N–H and O–H groups in total. The fourth-order valence-electron chi connectivity index (χ4n) is 3.45. The van der Waals surface area contributed by atoms with E-state index >= 15 is 0 Å². The van der Waals surface area contributed by atoms with Crippen LogP contribution in [0.2, 0.25) is 5.02 Å². The van der Waals surface area contributed by atoms with Crippen LogP contribution in [0.4, 0.5) is 0 Å². The maximum Gasteiger partial charge on any atom is 0.262 e. The molecule has 1 aliphatic rings. The molecule has 0 fully saturated rings. The number of para-hydroxylation sites is 1. The van der Waals surface area contributed by atoms with Crippen LogP contribution in [0.15, 0.2) is 60.2 Å². The molecule has 0 bridgehead atoms. The average Bonchev–Trinajstić information content (AvgIpc) is 3.30. The molecule has 1 amide bonds. The molecule has 1 aliphatic heterocycles. The second-order valence-electron chi connectivity index (χ2n) is 7.55. The highest BCUT2D eigenvalue weighted by Crippen LogP contribution is 2.35. The molecule has 0 saturated carbocycles. The molecule has 0 spiro atoms. The van der Waals surface area contributed by atoms with Crippen molar-refractivity contribution in [3.8, 4) is 29.1 Å². The first-order chi connectivity index (χ1) is 15.9. The third-order valence-corrected chi connectivity index (χ3v) is 5.72. The van der Waals surface area contributed by atoms with E-state index in [0.29, 0.717) is 28.6 Å². The van der Waals surface area contributed by atoms with Gasteiger partial charge in [0.25, 0.3) is 5.91 Å². The van der Waals surface area contributed by atoms with E-state index in [0.717, 1.165) is 21.7 Å². The van der Waals surface area contributed by atoms with Crippen molar-refractivity contribution < 1.29 is 19.0 Å². The van der Waals surface area contributed by atoms with Crippen LogP contribution in [-0.4, -0.2) is 12.7 Å². The molecule has 0 radical (unpaired) electrons. The summed E-state index contributed by atoms with van der Waals surface area (Å²) in [6, 6.07) is 18.3. The number of benzene rings is 3. The summed E-state index contributed by atoms with van der Waals surface area (Å²) < 4.78 is 16.7.